The molecule has 0 unspecified atom stereocenters. The van der Waals surface area contributed by atoms with Crippen LogP contribution in [0.3, 0.4) is 0 Å². The van der Waals surface area contributed by atoms with Crippen LogP contribution in [0.5, 0.6) is 0 Å². The van der Waals surface area contributed by atoms with Gasteiger partial charge in [0.25, 0.3) is 0 Å². The lowest BCUT2D eigenvalue weighted by atomic mass is 10.1. The Bertz CT molecular complexity index is 592. The van der Waals surface area contributed by atoms with Crippen LogP contribution in [-0.4, -0.2) is 31.1 Å². The number of hydrogen-bond donors (Lipinski definition) is 1. The van der Waals surface area contributed by atoms with E-state index in [4.69, 9.17) is 5.73 Å². The standard InChI is InChI=1S/C17H20FN3/c18-15-7-4-8-16(17(15)19)21-11-9-20(10-12-21)13-14-5-2-1-3-6-14/h1-8H,9-13,19H2. The highest BCUT2D eigenvalue weighted by Gasteiger charge is 2.19. The first-order valence-electron chi connectivity index (χ1n) is 7.29. The minimum atomic E-state index is -0.334. The molecule has 2 aromatic rings. The third-order valence-corrected chi connectivity index (χ3v) is 3.99. The van der Waals surface area contributed by atoms with Gasteiger partial charge in [-0.25, -0.2) is 4.39 Å². The summed E-state index contributed by atoms with van der Waals surface area (Å²) >= 11 is 0. The average molecular weight is 285 g/mol. The smallest absolute Gasteiger partial charge is 0.148 e. The quantitative estimate of drug-likeness (QED) is 0.880. The first-order chi connectivity index (χ1) is 10.2. The molecular formula is C17H20FN3. The molecule has 0 radical (unpaired) electrons. The summed E-state index contributed by atoms with van der Waals surface area (Å²) < 4.78 is 13.5. The number of halogens is 1. The summed E-state index contributed by atoms with van der Waals surface area (Å²) in [6, 6.07) is 15.5. The van der Waals surface area contributed by atoms with Crippen molar-refractivity contribution < 1.29 is 4.39 Å². The van der Waals surface area contributed by atoms with Crippen molar-refractivity contribution in [3.8, 4) is 0 Å². The summed E-state index contributed by atoms with van der Waals surface area (Å²) in [6.45, 7) is 4.64. The summed E-state index contributed by atoms with van der Waals surface area (Å²) in [5.41, 5.74) is 8.24. The topological polar surface area (TPSA) is 32.5 Å². The predicted molar refractivity (Wildman–Crippen MR) is 84.7 cm³/mol. The lowest BCUT2D eigenvalue weighted by Crippen LogP contribution is -2.46. The number of benzene rings is 2. The van der Waals surface area contributed by atoms with Crippen LogP contribution < -0.4 is 10.6 Å². The Morgan fingerprint density at radius 2 is 1.62 bits per heavy atom. The molecule has 1 aliphatic heterocycles. The fourth-order valence-corrected chi connectivity index (χ4v) is 2.79. The minimum absolute atomic E-state index is 0.258. The first-order valence-corrected chi connectivity index (χ1v) is 7.29. The average Bonchev–Trinajstić information content (AvgIpc) is 2.52. The molecule has 1 fully saturated rings. The molecule has 3 rings (SSSR count). The molecule has 4 heteroatoms. The molecule has 0 spiro atoms. The molecule has 2 aromatic carbocycles. The number of nitrogens with zero attached hydrogens (tertiary/aromatic N) is 2. The number of anilines is 2. The fraction of sp³-hybridized carbons (Fsp3) is 0.294. The zero-order chi connectivity index (χ0) is 14.7. The Balaban J connectivity index is 1.61. The molecule has 110 valence electrons. The Hall–Kier alpha value is -2.07. The summed E-state index contributed by atoms with van der Waals surface area (Å²) in [5, 5.41) is 0. The Morgan fingerprint density at radius 1 is 0.905 bits per heavy atom. The maximum absolute atomic E-state index is 13.5. The van der Waals surface area contributed by atoms with E-state index in [1.165, 1.54) is 11.6 Å². The predicted octanol–water partition coefficient (Wildman–Crippen LogP) is 2.73. The summed E-state index contributed by atoms with van der Waals surface area (Å²) in [5.74, 6) is -0.334. The summed E-state index contributed by atoms with van der Waals surface area (Å²) in [6.07, 6.45) is 0. The number of para-hydroxylation sites is 1. The van der Waals surface area contributed by atoms with Crippen LogP contribution in [0.1, 0.15) is 5.56 Å². The largest absolute Gasteiger partial charge is 0.395 e. The van der Waals surface area contributed by atoms with Crippen LogP contribution in [0.2, 0.25) is 0 Å². The lowest BCUT2D eigenvalue weighted by Gasteiger charge is -2.36. The molecule has 0 aliphatic carbocycles. The first kappa shape index (κ1) is 13.9. The van der Waals surface area contributed by atoms with Gasteiger partial charge in [0, 0.05) is 32.7 Å². The molecule has 21 heavy (non-hydrogen) atoms. The van der Waals surface area contributed by atoms with Crippen molar-refractivity contribution in [3.63, 3.8) is 0 Å². The second-order valence-corrected chi connectivity index (χ2v) is 5.42. The van der Waals surface area contributed by atoms with Crippen molar-refractivity contribution >= 4 is 11.4 Å². The van der Waals surface area contributed by atoms with Gasteiger partial charge in [0.2, 0.25) is 0 Å². The Morgan fingerprint density at radius 3 is 2.33 bits per heavy atom. The van der Waals surface area contributed by atoms with Gasteiger partial charge in [-0.05, 0) is 17.7 Å². The van der Waals surface area contributed by atoms with Crippen molar-refractivity contribution in [3.05, 3.63) is 59.9 Å². The van der Waals surface area contributed by atoms with E-state index < -0.39 is 0 Å². The van der Waals surface area contributed by atoms with E-state index in [-0.39, 0.29) is 11.5 Å². The highest BCUT2D eigenvalue weighted by molar-refractivity contribution is 5.68. The molecule has 0 bridgehead atoms. The number of piperazine rings is 1. The van der Waals surface area contributed by atoms with Gasteiger partial charge >= 0.3 is 0 Å². The van der Waals surface area contributed by atoms with E-state index >= 15 is 0 Å². The van der Waals surface area contributed by atoms with Gasteiger partial charge in [0.05, 0.1) is 11.4 Å². The number of nitrogen functional groups attached to an aromatic ring is 1. The van der Waals surface area contributed by atoms with Crippen molar-refractivity contribution in [1.29, 1.82) is 0 Å². The van der Waals surface area contributed by atoms with E-state index in [1.807, 2.05) is 12.1 Å². The molecule has 0 atom stereocenters. The highest BCUT2D eigenvalue weighted by atomic mass is 19.1. The van der Waals surface area contributed by atoms with Crippen LogP contribution in [-0.2, 0) is 6.54 Å². The van der Waals surface area contributed by atoms with E-state index in [2.05, 4.69) is 34.1 Å². The van der Waals surface area contributed by atoms with Crippen LogP contribution >= 0.6 is 0 Å². The third-order valence-electron chi connectivity index (χ3n) is 3.99. The summed E-state index contributed by atoms with van der Waals surface area (Å²) in [7, 11) is 0. The normalized spacial score (nSPS) is 16.1. The lowest BCUT2D eigenvalue weighted by molar-refractivity contribution is 0.250. The van der Waals surface area contributed by atoms with Crippen molar-refractivity contribution in [1.82, 2.24) is 4.90 Å². The Labute approximate surface area is 124 Å². The number of hydrogen-bond acceptors (Lipinski definition) is 3. The zero-order valence-corrected chi connectivity index (χ0v) is 12.0. The molecule has 3 nitrogen and oxygen atoms in total. The molecule has 0 saturated carbocycles. The summed E-state index contributed by atoms with van der Waals surface area (Å²) in [4.78, 5) is 4.58. The van der Waals surface area contributed by atoms with Gasteiger partial charge in [0.15, 0.2) is 0 Å². The molecule has 1 heterocycles. The second kappa shape index (κ2) is 6.14. The van der Waals surface area contributed by atoms with Gasteiger partial charge in [0.1, 0.15) is 5.82 Å². The van der Waals surface area contributed by atoms with Gasteiger partial charge < -0.3 is 10.6 Å². The van der Waals surface area contributed by atoms with Crippen LogP contribution in [0, 0.1) is 5.82 Å². The second-order valence-electron chi connectivity index (χ2n) is 5.42. The van der Waals surface area contributed by atoms with Crippen molar-refractivity contribution in [2.24, 2.45) is 0 Å². The molecule has 1 saturated heterocycles. The van der Waals surface area contributed by atoms with E-state index in [9.17, 15) is 4.39 Å². The van der Waals surface area contributed by atoms with Gasteiger partial charge in [-0.3, -0.25) is 4.90 Å². The zero-order valence-electron chi connectivity index (χ0n) is 12.0. The maximum Gasteiger partial charge on any atom is 0.148 e. The van der Waals surface area contributed by atoms with Crippen LogP contribution in [0.25, 0.3) is 0 Å². The third kappa shape index (κ3) is 3.16. The maximum atomic E-state index is 13.5. The van der Waals surface area contributed by atoms with E-state index in [0.717, 1.165) is 38.4 Å². The number of rotatable bonds is 3. The van der Waals surface area contributed by atoms with Gasteiger partial charge in [-0.2, -0.15) is 0 Å². The van der Waals surface area contributed by atoms with E-state index in [1.54, 1.807) is 6.07 Å². The van der Waals surface area contributed by atoms with Crippen LogP contribution in [0.4, 0.5) is 15.8 Å². The minimum Gasteiger partial charge on any atom is -0.395 e. The fourth-order valence-electron chi connectivity index (χ4n) is 2.79. The van der Waals surface area contributed by atoms with Crippen LogP contribution in [0.15, 0.2) is 48.5 Å². The molecule has 2 N–H and O–H groups in total. The SMILES string of the molecule is Nc1c(F)cccc1N1CCN(Cc2ccccc2)CC1. The van der Waals surface area contributed by atoms with Gasteiger partial charge in [-0.1, -0.05) is 36.4 Å². The van der Waals surface area contributed by atoms with E-state index in [0.29, 0.717) is 0 Å². The molecule has 1 aliphatic rings. The monoisotopic (exact) mass is 285 g/mol. The molecule has 0 aromatic heterocycles. The Kier molecular flexibility index (Phi) is 4.06. The van der Waals surface area contributed by atoms with Crippen molar-refractivity contribution in [2.75, 3.05) is 36.8 Å². The number of nitrogens with two attached hydrogens (primary N) is 1. The highest BCUT2D eigenvalue weighted by Crippen LogP contribution is 2.26. The molecular weight excluding hydrogens is 265 g/mol. The van der Waals surface area contributed by atoms with Gasteiger partial charge in [-0.15, -0.1) is 0 Å². The van der Waals surface area contributed by atoms with Crippen molar-refractivity contribution in [2.45, 2.75) is 6.54 Å². The molecule has 0 amide bonds.